The summed E-state index contributed by atoms with van der Waals surface area (Å²) in [7, 11) is 0. The predicted molar refractivity (Wildman–Crippen MR) is 63.2 cm³/mol. The fourth-order valence-electron chi connectivity index (χ4n) is 1.26. The molecule has 0 aliphatic heterocycles. The summed E-state index contributed by atoms with van der Waals surface area (Å²) in [5, 5.41) is 20.0. The summed E-state index contributed by atoms with van der Waals surface area (Å²) in [6, 6.07) is 1.43. The van der Waals surface area contributed by atoms with Crippen molar-refractivity contribution >= 4 is 21.6 Å². The van der Waals surface area contributed by atoms with Crippen LogP contribution in [-0.4, -0.2) is 21.6 Å². The van der Waals surface area contributed by atoms with E-state index in [0.29, 0.717) is 16.6 Å². The fraction of sp³-hybridized carbons (Fsp3) is 0.500. The minimum atomic E-state index is -0.458. The molecule has 0 radical (unpaired) electrons. The van der Waals surface area contributed by atoms with E-state index in [2.05, 4.69) is 20.9 Å². The molecule has 1 aromatic heterocycles. The van der Waals surface area contributed by atoms with E-state index in [1.54, 1.807) is 0 Å². The summed E-state index contributed by atoms with van der Waals surface area (Å²) < 4.78 is 0.574. The Kier molecular flexibility index (Phi) is 3.98. The Hall–Kier alpha value is -1.01. The maximum Gasteiger partial charge on any atom is 0.291 e. The molecular formula is C10H13BrN2O3. The molecule has 0 unspecified atom stereocenters. The second-order valence-electron chi connectivity index (χ2n) is 4.38. The Morgan fingerprint density at radius 3 is 2.75 bits per heavy atom. The van der Waals surface area contributed by atoms with Gasteiger partial charge in [0.2, 0.25) is 0 Å². The van der Waals surface area contributed by atoms with Crippen LogP contribution in [0.15, 0.2) is 16.7 Å². The molecule has 0 saturated heterocycles. The fourth-order valence-corrected chi connectivity index (χ4v) is 1.58. The van der Waals surface area contributed by atoms with Gasteiger partial charge in [-0.1, -0.05) is 13.8 Å². The largest absolute Gasteiger partial charge is 0.396 e. The van der Waals surface area contributed by atoms with Gasteiger partial charge >= 0.3 is 0 Å². The molecule has 0 fully saturated rings. The second-order valence-corrected chi connectivity index (χ2v) is 5.29. The van der Waals surface area contributed by atoms with Gasteiger partial charge in [-0.3, -0.25) is 15.1 Å². The summed E-state index contributed by atoms with van der Waals surface area (Å²) in [5.74, 6) is 0. The van der Waals surface area contributed by atoms with Crippen LogP contribution in [0, 0.1) is 15.5 Å². The van der Waals surface area contributed by atoms with Crippen molar-refractivity contribution in [3.8, 4) is 0 Å². The quantitative estimate of drug-likeness (QED) is 0.681. The number of nitro groups is 1. The number of pyridine rings is 1. The van der Waals surface area contributed by atoms with Gasteiger partial charge in [-0.2, -0.15) is 0 Å². The monoisotopic (exact) mass is 288 g/mol. The first-order valence-corrected chi connectivity index (χ1v) is 5.55. The van der Waals surface area contributed by atoms with Gasteiger partial charge in [-0.25, -0.2) is 0 Å². The zero-order valence-electron chi connectivity index (χ0n) is 9.11. The highest BCUT2D eigenvalue weighted by Crippen LogP contribution is 2.27. The molecule has 1 aromatic rings. The van der Waals surface area contributed by atoms with E-state index < -0.39 is 10.3 Å². The lowest BCUT2D eigenvalue weighted by molar-refractivity contribution is -0.386. The number of aromatic nitrogens is 1. The molecule has 1 rings (SSSR count). The molecular weight excluding hydrogens is 276 g/mol. The highest BCUT2D eigenvalue weighted by molar-refractivity contribution is 9.10. The standard InChI is InChI=1S/C10H13BrN2O3/c1-10(2,6-14)4-8-9(13(15)16)3-7(11)5-12-8/h3,5,14H,4,6H2,1-2H3. The second kappa shape index (κ2) is 4.88. The summed E-state index contributed by atoms with van der Waals surface area (Å²) in [4.78, 5) is 14.4. The smallest absolute Gasteiger partial charge is 0.291 e. The lowest BCUT2D eigenvalue weighted by Gasteiger charge is -2.20. The van der Waals surface area contributed by atoms with Gasteiger partial charge < -0.3 is 5.11 Å². The minimum absolute atomic E-state index is 0.0177. The first kappa shape index (κ1) is 13.1. The van der Waals surface area contributed by atoms with Crippen molar-refractivity contribution < 1.29 is 10.0 Å². The van der Waals surface area contributed by atoms with Gasteiger partial charge in [0.15, 0.2) is 0 Å². The summed E-state index contributed by atoms with van der Waals surface area (Å²) in [6.07, 6.45) is 1.89. The van der Waals surface area contributed by atoms with Crippen LogP contribution >= 0.6 is 15.9 Å². The molecule has 5 nitrogen and oxygen atoms in total. The van der Waals surface area contributed by atoms with Crippen molar-refractivity contribution in [2.45, 2.75) is 20.3 Å². The van der Waals surface area contributed by atoms with Crippen molar-refractivity contribution in [2.24, 2.45) is 5.41 Å². The van der Waals surface area contributed by atoms with Crippen molar-refractivity contribution in [2.75, 3.05) is 6.61 Å². The number of hydrogen-bond acceptors (Lipinski definition) is 4. The third kappa shape index (κ3) is 3.24. The Labute approximate surface area is 102 Å². The number of hydrogen-bond donors (Lipinski definition) is 1. The minimum Gasteiger partial charge on any atom is -0.396 e. The molecule has 16 heavy (non-hydrogen) atoms. The van der Waals surface area contributed by atoms with E-state index in [4.69, 9.17) is 5.11 Å². The third-order valence-electron chi connectivity index (χ3n) is 2.18. The number of rotatable bonds is 4. The lowest BCUT2D eigenvalue weighted by Crippen LogP contribution is -2.21. The molecule has 6 heteroatoms. The van der Waals surface area contributed by atoms with Gasteiger partial charge in [-0.05, 0) is 21.3 Å². The van der Waals surface area contributed by atoms with Crippen LogP contribution < -0.4 is 0 Å². The Morgan fingerprint density at radius 1 is 1.62 bits per heavy atom. The van der Waals surface area contributed by atoms with Crippen LogP contribution in [0.3, 0.4) is 0 Å². The molecule has 0 amide bonds. The molecule has 0 aromatic carbocycles. The van der Waals surface area contributed by atoms with Crippen molar-refractivity contribution in [1.82, 2.24) is 4.98 Å². The van der Waals surface area contributed by atoms with Gasteiger partial charge in [0.05, 0.1) is 4.92 Å². The third-order valence-corrected chi connectivity index (χ3v) is 2.62. The van der Waals surface area contributed by atoms with E-state index in [-0.39, 0.29) is 12.3 Å². The maximum absolute atomic E-state index is 10.8. The molecule has 88 valence electrons. The van der Waals surface area contributed by atoms with E-state index in [9.17, 15) is 10.1 Å². The summed E-state index contributed by atoms with van der Waals surface area (Å²) in [6.45, 7) is 3.63. The van der Waals surface area contributed by atoms with Crippen LogP contribution in [0.1, 0.15) is 19.5 Å². The highest BCUT2D eigenvalue weighted by atomic mass is 79.9. The van der Waals surface area contributed by atoms with Crippen LogP contribution in [0.4, 0.5) is 5.69 Å². The molecule has 1 heterocycles. The van der Waals surface area contributed by atoms with Crippen LogP contribution in [-0.2, 0) is 6.42 Å². The summed E-state index contributed by atoms with van der Waals surface area (Å²) in [5.41, 5.74) is -0.0332. The molecule has 1 N–H and O–H groups in total. The van der Waals surface area contributed by atoms with E-state index in [1.807, 2.05) is 13.8 Å². The Balaban J connectivity index is 3.09. The molecule has 0 aliphatic rings. The average Bonchev–Trinajstić information content (AvgIpc) is 2.20. The molecule has 0 spiro atoms. The van der Waals surface area contributed by atoms with Gasteiger partial charge in [0.25, 0.3) is 5.69 Å². The SMILES string of the molecule is CC(C)(CO)Cc1ncc(Br)cc1[N+](=O)[O-]. The van der Waals surface area contributed by atoms with Gasteiger partial charge in [0.1, 0.15) is 5.69 Å². The molecule has 0 bridgehead atoms. The highest BCUT2D eigenvalue weighted by Gasteiger charge is 2.24. The van der Waals surface area contributed by atoms with E-state index in [1.165, 1.54) is 12.3 Å². The van der Waals surface area contributed by atoms with Crippen LogP contribution in [0.25, 0.3) is 0 Å². The number of halogens is 1. The lowest BCUT2D eigenvalue weighted by atomic mass is 9.88. The van der Waals surface area contributed by atoms with Gasteiger partial charge in [-0.15, -0.1) is 0 Å². The van der Waals surface area contributed by atoms with E-state index >= 15 is 0 Å². The predicted octanol–water partition coefficient (Wildman–Crippen LogP) is 2.31. The number of aliphatic hydroxyl groups is 1. The van der Waals surface area contributed by atoms with Crippen molar-refractivity contribution in [3.63, 3.8) is 0 Å². The normalized spacial score (nSPS) is 11.5. The molecule has 0 saturated carbocycles. The van der Waals surface area contributed by atoms with Gasteiger partial charge in [0, 0.05) is 29.8 Å². The van der Waals surface area contributed by atoms with Crippen molar-refractivity contribution in [3.05, 3.63) is 32.5 Å². The first-order valence-electron chi connectivity index (χ1n) is 4.75. The zero-order valence-corrected chi connectivity index (χ0v) is 10.7. The Bertz CT molecular complexity index is 407. The number of nitrogens with zero attached hydrogens (tertiary/aromatic N) is 2. The Morgan fingerprint density at radius 2 is 2.25 bits per heavy atom. The molecule has 0 atom stereocenters. The topological polar surface area (TPSA) is 76.3 Å². The van der Waals surface area contributed by atoms with Crippen LogP contribution in [0.2, 0.25) is 0 Å². The van der Waals surface area contributed by atoms with Crippen molar-refractivity contribution in [1.29, 1.82) is 0 Å². The first-order chi connectivity index (χ1) is 7.35. The summed E-state index contributed by atoms with van der Waals surface area (Å²) >= 11 is 3.14. The zero-order chi connectivity index (χ0) is 12.3. The van der Waals surface area contributed by atoms with E-state index in [0.717, 1.165) is 0 Å². The maximum atomic E-state index is 10.8. The number of aliphatic hydroxyl groups excluding tert-OH is 1. The molecule has 0 aliphatic carbocycles. The van der Waals surface area contributed by atoms with Crippen LogP contribution in [0.5, 0.6) is 0 Å². The average molecular weight is 289 g/mol.